The molecule has 0 radical (unpaired) electrons. The predicted molar refractivity (Wildman–Crippen MR) is 102 cm³/mol. The van der Waals surface area contributed by atoms with Crippen molar-refractivity contribution in [1.82, 2.24) is 24.1 Å². The molecule has 1 atom stereocenters. The molecule has 1 aromatic carbocycles. The maximum Gasteiger partial charge on any atom is 0.262 e. The lowest BCUT2D eigenvalue weighted by atomic mass is 10.1. The highest BCUT2D eigenvalue weighted by Gasteiger charge is 2.20. The van der Waals surface area contributed by atoms with Gasteiger partial charge in [0.25, 0.3) is 11.3 Å². The molecule has 3 aromatic heterocycles. The van der Waals surface area contributed by atoms with Crippen LogP contribution in [-0.2, 0) is 11.3 Å². The molecule has 4 heterocycles. The summed E-state index contributed by atoms with van der Waals surface area (Å²) < 4.78 is 8.97. The average molecular weight is 382 g/mol. The molecule has 0 spiro atoms. The third kappa shape index (κ3) is 2.79. The Balaban J connectivity index is 1.80. The first-order chi connectivity index (χ1) is 13.2. The van der Waals surface area contributed by atoms with Gasteiger partial charge in [0.15, 0.2) is 0 Å². The monoisotopic (exact) mass is 381 g/mol. The highest BCUT2D eigenvalue weighted by atomic mass is 35.5. The minimum atomic E-state index is -0.122. The van der Waals surface area contributed by atoms with Crippen LogP contribution in [0.2, 0.25) is 5.02 Å². The lowest BCUT2D eigenvalue weighted by Crippen LogP contribution is -2.27. The summed E-state index contributed by atoms with van der Waals surface area (Å²) in [5.74, 6) is 0.439. The van der Waals surface area contributed by atoms with E-state index in [1.807, 2.05) is 24.3 Å². The highest BCUT2D eigenvalue weighted by molar-refractivity contribution is 6.30. The molecular weight excluding hydrogens is 366 g/mol. The fraction of sp³-hybridized carbons (Fsp3) is 0.263. The van der Waals surface area contributed by atoms with Gasteiger partial charge in [-0.15, -0.1) is 0 Å². The molecule has 1 aliphatic heterocycles. The smallest absolute Gasteiger partial charge is 0.262 e. The number of rotatable bonds is 3. The van der Waals surface area contributed by atoms with Crippen molar-refractivity contribution in [3.05, 3.63) is 58.2 Å². The van der Waals surface area contributed by atoms with Crippen molar-refractivity contribution in [2.45, 2.75) is 25.5 Å². The van der Waals surface area contributed by atoms with Crippen LogP contribution in [0.5, 0.6) is 0 Å². The summed E-state index contributed by atoms with van der Waals surface area (Å²) in [6.45, 7) is 1.28. The van der Waals surface area contributed by atoms with Gasteiger partial charge >= 0.3 is 0 Å². The summed E-state index contributed by atoms with van der Waals surface area (Å²) in [5.41, 5.74) is 1.89. The normalized spacial score (nSPS) is 17.1. The second-order valence-electron chi connectivity index (χ2n) is 6.61. The van der Waals surface area contributed by atoms with E-state index in [-0.39, 0.29) is 11.7 Å². The number of hydrogen-bond acceptors (Lipinski definition) is 5. The first kappa shape index (κ1) is 16.4. The number of halogens is 1. The van der Waals surface area contributed by atoms with Crippen molar-refractivity contribution >= 4 is 28.3 Å². The lowest BCUT2D eigenvalue weighted by molar-refractivity contribution is 0.0963. The minimum Gasteiger partial charge on any atom is -0.376 e. The number of ether oxygens (including phenoxy) is 1. The Morgan fingerprint density at radius 3 is 3.04 bits per heavy atom. The zero-order valence-corrected chi connectivity index (χ0v) is 15.1. The summed E-state index contributed by atoms with van der Waals surface area (Å²) in [6.07, 6.45) is 5.26. The summed E-state index contributed by atoms with van der Waals surface area (Å²) in [7, 11) is 0. The SMILES string of the molecule is O=c1c2c(-c3cccc(Cl)c3)n3ncnc3nc2ccn1C[C@H]1CCCO1. The average Bonchev–Trinajstić information content (AvgIpc) is 3.34. The van der Waals surface area contributed by atoms with Gasteiger partial charge < -0.3 is 9.30 Å². The Hall–Kier alpha value is -2.77. The summed E-state index contributed by atoms with van der Waals surface area (Å²) in [6, 6.07) is 9.20. The molecule has 8 heteroatoms. The second-order valence-corrected chi connectivity index (χ2v) is 7.05. The molecule has 0 amide bonds. The van der Waals surface area contributed by atoms with Crippen LogP contribution in [0.1, 0.15) is 12.8 Å². The van der Waals surface area contributed by atoms with Gasteiger partial charge in [-0.3, -0.25) is 4.79 Å². The van der Waals surface area contributed by atoms with Crippen LogP contribution in [0, 0.1) is 0 Å². The fourth-order valence-electron chi connectivity index (χ4n) is 3.62. The molecular formula is C19H16ClN5O2. The van der Waals surface area contributed by atoms with E-state index in [1.165, 1.54) is 6.33 Å². The molecule has 0 N–H and O–H groups in total. The van der Waals surface area contributed by atoms with Gasteiger partial charge in [0, 0.05) is 23.4 Å². The van der Waals surface area contributed by atoms with Crippen molar-refractivity contribution in [3.8, 4) is 11.3 Å². The first-order valence-electron chi connectivity index (χ1n) is 8.81. The number of fused-ring (bicyclic) bond motifs is 2. The van der Waals surface area contributed by atoms with E-state index < -0.39 is 0 Å². The van der Waals surface area contributed by atoms with Crippen molar-refractivity contribution in [2.24, 2.45) is 0 Å². The van der Waals surface area contributed by atoms with E-state index in [0.29, 0.717) is 33.9 Å². The van der Waals surface area contributed by atoms with E-state index in [9.17, 15) is 4.79 Å². The van der Waals surface area contributed by atoms with E-state index in [4.69, 9.17) is 16.3 Å². The second kappa shape index (κ2) is 6.44. The topological polar surface area (TPSA) is 74.3 Å². The molecule has 1 aliphatic rings. The lowest BCUT2D eigenvalue weighted by Gasteiger charge is -2.14. The van der Waals surface area contributed by atoms with Gasteiger partial charge in [0.05, 0.1) is 29.2 Å². The molecule has 4 aromatic rings. The van der Waals surface area contributed by atoms with Gasteiger partial charge in [0.2, 0.25) is 0 Å². The summed E-state index contributed by atoms with van der Waals surface area (Å²) >= 11 is 6.19. The maximum atomic E-state index is 13.3. The van der Waals surface area contributed by atoms with Gasteiger partial charge in [0.1, 0.15) is 6.33 Å². The molecule has 0 saturated carbocycles. The van der Waals surface area contributed by atoms with Crippen LogP contribution in [0.15, 0.2) is 47.7 Å². The van der Waals surface area contributed by atoms with E-state index in [1.54, 1.807) is 21.3 Å². The van der Waals surface area contributed by atoms with Crippen LogP contribution < -0.4 is 5.56 Å². The predicted octanol–water partition coefficient (Wildman–Crippen LogP) is 2.94. The quantitative estimate of drug-likeness (QED) is 0.545. The molecule has 5 rings (SSSR count). The Labute approximate surface area is 159 Å². The van der Waals surface area contributed by atoms with Crippen molar-refractivity contribution in [3.63, 3.8) is 0 Å². The van der Waals surface area contributed by atoms with Crippen molar-refractivity contribution in [1.29, 1.82) is 0 Å². The minimum absolute atomic E-state index is 0.0674. The van der Waals surface area contributed by atoms with Crippen LogP contribution in [0.25, 0.3) is 27.9 Å². The van der Waals surface area contributed by atoms with Gasteiger partial charge in [-0.1, -0.05) is 23.7 Å². The van der Waals surface area contributed by atoms with Crippen LogP contribution in [-0.4, -0.2) is 36.9 Å². The Morgan fingerprint density at radius 2 is 2.22 bits per heavy atom. The molecule has 7 nitrogen and oxygen atoms in total. The molecule has 136 valence electrons. The van der Waals surface area contributed by atoms with Crippen LogP contribution in [0.3, 0.4) is 0 Å². The molecule has 0 aliphatic carbocycles. The van der Waals surface area contributed by atoms with Gasteiger partial charge in [-0.2, -0.15) is 14.6 Å². The Bertz CT molecular complexity index is 1210. The van der Waals surface area contributed by atoms with E-state index in [0.717, 1.165) is 25.0 Å². The molecule has 1 saturated heterocycles. The zero-order chi connectivity index (χ0) is 18.4. The third-order valence-electron chi connectivity index (χ3n) is 4.86. The number of aromatic nitrogens is 5. The number of hydrogen-bond donors (Lipinski definition) is 0. The van der Waals surface area contributed by atoms with Crippen LogP contribution in [0.4, 0.5) is 0 Å². The number of nitrogens with zero attached hydrogens (tertiary/aromatic N) is 5. The molecule has 0 bridgehead atoms. The van der Waals surface area contributed by atoms with Gasteiger partial charge in [-0.25, -0.2) is 4.98 Å². The molecule has 27 heavy (non-hydrogen) atoms. The van der Waals surface area contributed by atoms with Crippen LogP contribution >= 0.6 is 11.6 Å². The van der Waals surface area contributed by atoms with E-state index in [2.05, 4.69) is 15.1 Å². The molecule has 1 fully saturated rings. The van der Waals surface area contributed by atoms with E-state index >= 15 is 0 Å². The third-order valence-corrected chi connectivity index (χ3v) is 5.10. The maximum absolute atomic E-state index is 13.3. The Morgan fingerprint density at radius 1 is 1.30 bits per heavy atom. The highest BCUT2D eigenvalue weighted by Crippen LogP contribution is 2.28. The Kier molecular flexibility index (Phi) is 3.91. The largest absolute Gasteiger partial charge is 0.376 e. The zero-order valence-electron chi connectivity index (χ0n) is 14.4. The first-order valence-corrected chi connectivity index (χ1v) is 9.19. The van der Waals surface area contributed by atoms with Crippen molar-refractivity contribution in [2.75, 3.05) is 6.61 Å². The number of pyridine rings is 1. The number of benzene rings is 1. The fourth-order valence-corrected chi connectivity index (χ4v) is 3.81. The molecule has 0 unspecified atom stereocenters. The van der Waals surface area contributed by atoms with Gasteiger partial charge in [-0.05, 0) is 31.0 Å². The summed E-state index contributed by atoms with van der Waals surface area (Å²) in [5, 5.41) is 5.36. The van der Waals surface area contributed by atoms with Crippen molar-refractivity contribution < 1.29 is 4.74 Å². The summed E-state index contributed by atoms with van der Waals surface area (Å²) in [4.78, 5) is 22.0. The standard InChI is InChI=1S/C19H16ClN5O2/c20-13-4-1-3-12(9-13)17-16-15(23-19-21-11-22-25(17)19)6-7-24(18(16)26)10-14-5-2-8-27-14/h1,3-4,6-7,9,11,14H,2,5,8,10H2/t14-/m1/s1.